The number of methoxy groups -OCH3 is 1. The number of rotatable bonds is 6. The van der Waals surface area contributed by atoms with Crippen LogP contribution in [-0.4, -0.2) is 30.2 Å². The van der Waals surface area contributed by atoms with Crippen molar-refractivity contribution in [3.63, 3.8) is 0 Å². The monoisotopic (exact) mass is 409 g/mol. The first-order valence-electron chi connectivity index (χ1n) is 10.1. The molecule has 0 aliphatic heterocycles. The zero-order valence-corrected chi connectivity index (χ0v) is 17.9. The maximum Gasteiger partial charge on any atom is 0.342 e. The molecule has 1 fully saturated rings. The topological polar surface area (TPSA) is 93.3 Å². The minimum absolute atomic E-state index is 0.264. The van der Waals surface area contributed by atoms with E-state index in [-0.39, 0.29) is 11.6 Å². The average molecular weight is 409 g/mol. The van der Waals surface area contributed by atoms with Crippen molar-refractivity contribution in [2.24, 2.45) is 0 Å². The van der Waals surface area contributed by atoms with Gasteiger partial charge in [-0.1, -0.05) is 24.5 Å². The molecular formula is C23H27N3O4. The van der Waals surface area contributed by atoms with E-state index in [9.17, 15) is 14.9 Å². The van der Waals surface area contributed by atoms with Gasteiger partial charge in [0, 0.05) is 11.7 Å². The molecule has 0 unspecified atom stereocenters. The van der Waals surface area contributed by atoms with Crippen LogP contribution in [0.3, 0.4) is 0 Å². The van der Waals surface area contributed by atoms with Crippen LogP contribution in [0.25, 0.3) is 0 Å². The van der Waals surface area contributed by atoms with Crippen LogP contribution in [0.2, 0.25) is 0 Å². The fraction of sp³-hybridized carbons (Fsp3) is 0.435. The van der Waals surface area contributed by atoms with Crippen molar-refractivity contribution in [3.8, 4) is 11.8 Å². The molecule has 1 aliphatic carbocycles. The van der Waals surface area contributed by atoms with Crippen molar-refractivity contribution in [2.75, 3.05) is 19.0 Å². The summed E-state index contributed by atoms with van der Waals surface area (Å²) in [6.07, 6.45) is 4.30. The van der Waals surface area contributed by atoms with Gasteiger partial charge in [0.2, 0.25) is 0 Å². The summed E-state index contributed by atoms with van der Waals surface area (Å²) in [5, 5.41) is 12.4. The first kappa shape index (κ1) is 21.4. The van der Waals surface area contributed by atoms with Crippen LogP contribution < -0.4 is 10.1 Å². The number of hydrogen-bond donors (Lipinski definition) is 1. The number of anilines is 1. The zero-order valence-electron chi connectivity index (χ0n) is 17.9. The lowest BCUT2D eigenvalue weighted by atomic mass is 10.1. The van der Waals surface area contributed by atoms with E-state index in [0.29, 0.717) is 17.1 Å². The van der Waals surface area contributed by atoms with Gasteiger partial charge in [-0.15, -0.1) is 0 Å². The van der Waals surface area contributed by atoms with Gasteiger partial charge >= 0.3 is 5.97 Å². The number of esters is 1. The van der Waals surface area contributed by atoms with Crippen LogP contribution in [0, 0.1) is 32.1 Å². The number of nitrogens with one attached hydrogen (secondary N) is 1. The Labute approximate surface area is 176 Å². The van der Waals surface area contributed by atoms with Gasteiger partial charge < -0.3 is 19.4 Å². The molecule has 0 saturated heterocycles. The van der Waals surface area contributed by atoms with Gasteiger partial charge in [-0.05, 0) is 51.3 Å². The van der Waals surface area contributed by atoms with Gasteiger partial charge in [-0.2, -0.15) is 5.26 Å². The molecule has 2 aromatic rings. The van der Waals surface area contributed by atoms with Gasteiger partial charge in [-0.3, -0.25) is 4.79 Å². The van der Waals surface area contributed by atoms with Crippen molar-refractivity contribution < 1.29 is 19.1 Å². The normalized spacial score (nSPS) is 13.7. The predicted octanol–water partition coefficient (Wildman–Crippen LogP) is 4.20. The van der Waals surface area contributed by atoms with Crippen LogP contribution in [-0.2, 0) is 9.53 Å². The predicted molar refractivity (Wildman–Crippen MR) is 113 cm³/mol. The molecule has 0 bridgehead atoms. The third-order valence-corrected chi connectivity index (χ3v) is 5.73. The molecule has 1 amide bonds. The summed E-state index contributed by atoms with van der Waals surface area (Å²) in [4.78, 5) is 25.0. The van der Waals surface area contributed by atoms with Crippen LogP contribution in [0.4, 0.5) is 5.82 Å². The Bertz CT molecular complexity index is 1010. The van der Waals surface area contributed by atoms with Gasteiger partial charge in [0.1, 0.15) is 23.2 Å². The molecule has 158 valence electrons. The summed E-state index contributed by atoms with van der Waals surface area (Å²) in [5.41, 5.74) is 3.45. The maximum absolute atomic E-state index is 12.6. The van der Waals surface area contributed by atoms with Gasteiger partial charge in [0.15, 0.2) is 6.61 Å². The number of carbonyl (C=O) groups excluding carboxylic acids is 2. The lowest BCUT2D eigenvalue weighted by Crippen LogP contribution is -2.24. The first-order chi connectivity index (χ1) is 14.4. The van der Waals surface area contributed by atoms with Crippen molar-refractivity contribution in [1.29, 1.82) is 5.26 Å². The lowest BCUT2D eigenvalue weighted by molar-refractivity contribution is -0.119. The lowest BCUT2D eigenvalue weighted by Gasteiger charge is -2.19. The van der Waals surface area contributed by atoms with Crippen LogP contribution >= 0.6 is 0 Å². The van der Waals surface area contributed by atoms with E-state index >= 15 is 0 Å². The Kier molecular flexibility index (Phi) is 6.46. The molecule has 0 spiro atoms. The molecule has 1 heterocycles. The van der Waals surface area contributed by atoms with E-state index in [1.54, 1.807) is 12.1 Å². The molecule has 1 aliphatic rings. The molecule has 0 radical (unpaired) electrons. The number of amides is 1. The van der Waals surface area contributed by atoms with Crippen LogP contribution in [0.5, 0.6) is 5.75 Å². The van der Waals surface area contributed by atoms with Crippen LogP contribution in [0.15, 0.2) is 18.2 Å². The van der Waals surface area contributed by atoms with Gasteiger partial charge in [0.05, 0.1) is 12.7 Å². The number of ether oxygens (including phenoxy) is 2. The molecule has 7 heteroatoms. The molecular weight excluding hydrogens is 382 g/mol. The van der Waals surface area contributed by atoms with E-state index in [1.165, 1.54) is 7.11 Å². The van der Waals surface area contributed by atoms with E-state index in [2.05, 4.69) is 16.0 Å². The van der Waals surface area contributed by atoms with E-state index < -0.39 is 18.5 Å². The quantitative estimate of drug-likeness (QED) is 0.722. The molecule has 7 nitrogen and oxygen atoms in total. The summed E-state index contributed by atoms with van der Waals surface area (Å²) in [7, 11) is 1.47. The standard InChI is InChI=1S/C23H27N3O4/c1-14-9-10-20(29-4)18(11-14)23(28)30-13-21(27)25-22-19(12-24)15(2)16(3)26(22)17-7-5-6-8-17/h9-11,17H,5-8,13H2,1-4H3,(H,25,27). The third kappa shape index (κ3) is 4.18. The summed E-state index contributed by atoms with van der Waals surface area (Å²) < 4.78 is 12.5. The molecule has 1 N–H and O–H groups in total. The number of aromatic nitrogens is 1. The summed E-state index contributed by atoms with van der Waals surface area (Å²) in [5.74, 6) is -0.235. The fourth-order valence-electron chi connectivity index (χ4n) is 4.06. The highest BCUT2D eigenvalue weighted by molar-refractivity contribution is 5.97. The minimum Gasteiger partial charge on any atom is -0.496 e. The Balaban J connectivity index is 1.76. The Morgan fingerprint density at radius 2 is 1.93 bits per heavy atom. The maximum atomic E-state index is 12.6. The van der Waals surface area contributed by atoms with Crippen molar-refractivity contribution >= 4 is 17.7 Å². The fourth-order valence-corrected chi connectivity index (χ4v) is 4.06. The largest absolute Gasteiger partial charge is 0.496 e. The summed E-state index contributed by atoms with van der Waals surface area (Å²) >= 11 is 0. The molecule has 0 atom stereocenters. The molecule has 1 saturated carbocycles. The first-order valence-corrected chi connectivity index (χ1v) is 10.1. The van der Waals surface area contributed by atoms with E-state index in [4.69, 9.17) is 9.47 Å². The highest BCUT2D eigenvalue weighted by Gasteiger charge is 2.27. The second kappa shape index (κ2) is 9.04. The molecule has 30 heavy (non-hydrogen) atoms. The number of nitriles is 1. The van der Waals surface area contributed by atoms with Crippen molar-refractivity contribution in [1.82, 2.24) is 4.57 Å². The van der Waals surface area contributed by atoms with Crippen molar-refractivity contribution in [3.05, 3.63) is 46.1 Å². The number of carbonyl (C=O) groups is 2. The van der Waals surface area contributed by atoms with Crippen molar-refractivity contribution in [2.45, 2.75) is 52.5 Å². The smallest absolute Gasteiger partial charge is 0.342 e. The third-order valence-electron chi connectivity index (χ3n) is 5.73. The molecule has 3 rings (SSSR count). The minimum atomic E-state index is -0.634. The zero-order chi connectivity index (χ0) is 21.8. The highest BCUT2D eigenvalue weighted by Crippen LogP contribution is 2.37. The highest BCUT2D eigenvalue weighted by atomic mass is 16.5. The second-order valence-corrected chi connectivity index (χ2v) is 7.68. The van der Waals surface area contributed by atoms with E-state index in [1.807, 2.05) is 26.8 Å². The second-order valence-electron chi connectivity index (χ2n) is 7.68. The average Bonchev–Trinajstić information content (AvgIpc) is 3.33. The SMILES string of the molecule is COc1ccc(C)cc1C(=O)OCC(=O)Nc1c(C#N)c(C)c(C)n1C1CCCC1. The molecule has 1 aromatic heterocycles. The van der Waals surface area contributed by atoms with E-state index in [0.717, 1.165) is 42.5 Å². The van der Waals surface area contributed by atoms with Crippen LogP contribution in [0.1, 0.15) is 64.5 Å². The summed E-state index contributed by atoms with van der Waals surface area (Å²) in [6, 6.07) is 7.64. The molecule has 1 aromatic carbocycles. The number of nitrogens with zero attached hydrogens (tertiary/aromatic N) is 2. The van der Waals surface area contributed by atoms with Gasteiger partial charge in [0.25, 0.3) is 5.91 Å². The Morgan fingerprint density at radius 1 is 1.23 bits per heavy atom. The summed E-state index contributed by atoms with van der Waals surface area (Å²) in [6.45, 7) is 5.26. The number of benzene rings is 1. The Hall–Kier alpha value is -3.27. The number of hydrogen-bond acceptors (Lipinski definition) is 5. The number of aryl methyl sites for hydroxylation is 1. The van der Waals surface area contributed by atoms with Gasteiger partial charge in [-0.25, -0.2) is 4.79 Å². The Morgan fingerprint density at radius 3 is 2.57 bits per heavy atom.